The molecule has 180 valence electrons. The summed E-state index contributed by atoms with van der Waals surface area (Å²) in [4.78, 5) is 16.0. The first-order valence-corrected chi connectivity index (χ1v) is 11.3. The zero-order valence-corrected chi connectivity index (χ0v) is 21.7. The van der Waals surface area contributed by atoms with Gasteiger partial charge >= 0.3 is 0 Å². The molecule has 0 aliphatic heterocycles. The molecule has 0 radical (unpaired) electrons. The summed E-state index contributed by atoms with van der Waals surface area (Å²) >= 11 is 0. The molecule has 1 aliphatic rings. The maximum absolute atomic E-state index is 11.8. The molecule has 1 fully saturated rings. The van der Waals surface area contributed by atoms with Gasteiger partial charge in [0.2, 0.25) is 0 Å². The SMILES string of the molecule is CN=C(NCCCOC(C)c1ccccc1)NCc1cccc(OCC(=O)NC2CC2)c1.I. The number of aliphatic imine (C=N–C) groups is 1. The van der Waals surface area contributed by atoms with Crippen molar-refractivity contribution in [2.24, 2.45) is 4.99 Å². The van der Waals surface area contributed by atoms with Gasteiger partial charge in [-0.1, -0.05) is 42.5 Å². The highest BCUT2D eigenvalue weighted by molar-refractivity contribution is 14.0. The number of nitrogens with zero attached hydrogens (tertiary/aromatic N) is 1. The smallest absolute Gasteiger partial charge is 0.258 e. The van der Waals surface area contributed by atoms with Crippen LogP contribution in [0.2, 0.25) is 0 Å². The Kier molecular flexibility index (Phi) is 12.0. The molecule has 0 bridgehead atoms. The van der Waals surface area contributed by atoms with Crippen molar-refractivity contribution < 1.29 is 14.3 Å². The average molecular weight is 566 g/mol. The predicted octanol–water partition coefficient (Wildman–Crippen LogP) is 3.79. The van der Waals surface area contributed by atoms with E-state index in [9.17, 15) is 4.79 Å². The van der Waals surface area contributed by atoms with E-state index in [1.54, 1.807) is 7.05 Å². The summed E-state index contributed by atoms with van der Waals surface area (Å²) in [5, 5.41) is 9.53. The number of guanidine groups is 1. The molecule has 0 saturated heterocycles. The zero-order chi connectivity index (χ0) is 22.6. The molecule has 1 amide bonds. The number of halogens is 1. The van der Waals surface area contributed by atoms with E-state index < -0.39 is 0 Å². The van der Waals surface area contributed by atoms with Gasteiger partial charge in [0.1, 0.15) is 5.75 Å². The number of hydrogen-bond acceptors (Lipinski definition) is 4. The topological polar surface area (TPSA) is 84.0 Å². The standard InChI is InChI=1S/C25H34N4O3.HI/c1-19(21-9-4-3-5-10-21)31-15-7-14-27-25(26-2)28-17-20-8-6-11-23(16-20)32-18-24(30)29-22-12-13-22;/h3-6,8-11,16,19,22H,7,12-15,17-18H2,1-2H3,(H,29,30)(H2,26,27,28);1H. The maximum atomic E-state index is 11.8. The molecule has 33 heavy (non-hydrogen) atoms. The Labute approximate surface area is 213 Å². The number of hydrogen-bond donors (Lipinski definition) is 3. The Morgan fingerprint density at radius 1 is 1.12 bits per heavy atom. The molecule has 0 aromatic heterocycles. The van der Waals surface area contributed by atoms with Crippen LogP contribution in [0.5, 0.6) is 5.75 Å². The fourth-order valence-corrected chi connectivity index (χ4v) is 3.16. The van der Waals surface area contributed by atoms with E-state index in [-0.39, 0.29) is 42.6 Å². The third-order valence-corrected chi connectivity index (χ3v) is 5.14. The zero-order valence-electron chi connectivity index (χ0n) is 19.4. The van der Waals surface area contributed by atoms with Crippen molar-refractivity contribution in [3.63, 3.8) is 0 Å². The third-order valence-electron chi connectivity index (χ3n) is 5.14. The summed E-state index contributed by atoms with van der Waals surface area (Å²) < 4.78 is 11.5. The minimum Gasteiger partial charge on any atom is -0.484 e. The molecule has 1 saturated carbocycles. The summed E-state index contributed by atoms with van der Waals surface area (Å²) in [5.41, 5.74) is 2.24. The molecule has 3 rings (SSSR count). The third kappa shape index (κ3) is 10.4. The molecular weight excluding hydrogens is 531 g/mol. The Morgan fingerprint density at radius 3 is 2.64 bits per heavy atom. The highest BCUT2D eigenvalue weighted by atomic mass is 127. The number of ether oxygens (including phenoxy) is 2. The Morgan fingerprint density at radius 2 is 1.91 bits per heavy atom. The fourth-order valence-electron chi connectivity index (χ4n) is 3.16. The lowest BCUT2D eigenvalue weighted by Crippen LogP contribution is -2.37. The van der Waals surface area contributed by atoms with Gasteiger partial charge in [-0.3, -0.25) is 9.79 Å². The van der Waals surface area contributed by atoms with Gasteiger partial charge in [-0.15, -0.1) is 24.0 Å². The number of nitrogens with one attached hydrogen (secondary N) is 3. The minimum atomic E-state index is -0.0669. The molecule has 0 spiro atoms. The number of carbonyl (C=O) groups is 1. The molecule has 8 heteroatoms. The molecule has 7 nitrogen and oxygen atoms in total. The van der Waals surface area contributed by atoms with Gasteiger partial charge in [0.15, 0.2) is 12.6 Å². The second-order valence-corrected chi connectivity index (χ2v) is 7.91. The number of carbonyl (C=O) groups excluding carboxylic acids is 1. The number of benzene rings is 2. The van der Waals surface area contributed by atoms with Crippen molar-refractivity contribution in [2.45, 2.75) is 44.9 Å². The van der Waals surface area contributed by atoms with Gasteiger partial charge in [-0.2, -0.15) is 0 Å². The highest BCUT2D eigenvalue weighted by Crippen LogP contribution is 2.19. The largest absolute Gasteiger partial charge is 0.484 e. The molecular formula is C25H35IN4O3. The van der Waals surface area contributed by atoms with E-state index in [0.29, 0.717) is 24.9 Å². The van der Waals surface area contributed by atoms with Crippen molar-refractivity contribution in [2.75, 3.05) is 26.8 Å². The summed E-state index contributed by atoms with van der Waals surface area (Å²) in [6, 6.07) is 18.3. The molecule has 3 N–H and O–H groups in total. The van der Waals surface area contributed by atoms with Crippen LogP contribution in [0.1, 0.15) is 43.4 Å². The second kappa shape index (κ2) is 14.7. The first-order valence-electron chi connectivity index (χ1n) is 11.3. The van der Waals surface area contributed by atoms with E-state index in [0.717, 1.165) is 37.3 Å². The first kappa shape index (κ1) is 26.9. The van der Waals surface area contributed by atoms with Gasteiger partial charge in [-0.25, -0.2) is 0 Å². The van der Waals surface area contributed by atoms with Gasteiger partial charge in [0.05, 0.1) is 6.10 Å². The number of amides is 1. The molecule has 2 aromatic rings. The van der Waals surface area contributed by atoms with Crippen molar-refractivity contribution >= 4 is 35.8 Å². The van der Waals surface area contributed by atoms with E-state index >= 15 is 0 Å². The molecule has 2 aromatic carbocycles. The lowest BCUT2D eigenvalue weighted by Gasteiger charge is -2.15. The van der Waals surface area contributed by atoms with Crippen LogP contribution < -0.4 is 20.7 Å². The second-order valence-electron chi connectivity index (χ2n) is 7.91. The normalized spacial score (nSPS) is 14.1. The van der Waals surface area contributed by atoms with Crippen LogP contribution >= 0.6 is 24.0 Å². The van der Waals surface area contributed by atoms with Crippen LogP contribution in [-0.4, -0.2) is 44.7 Å². The lowest BCUT2D eigenvalue weighted by molar-refractivity contribution is -0.123. The predicted molar refractivity (Wildman–Crippen MR) is 142 cm³/mol. The van der Waals surface area contributed by atoms with Crippen molar-refractivity contribution in [3.05, 3.63) is 65.7 Å². The maximum Gasteiger partial charge on any atom is 0.258 e. The van der Waals surface area contributed by atoms with Gasteiger partial charge in [0, 0.05) is 32.8 Å². The van der Waals surface area contributed by atoms with Crippen molar-refractivity contribution in [1.82, 2.24) is 16.0 Å². The van der Waals surface area contributed by atoms with E-state index in [2.05, 4.69) is 40.0 Å². The summed E-state index contributed by atoms with van der Waals surface area (Å²) in [5.74, 6) is 1.35. The van der Waals surface area contributed by atoms with Gasteiger partial charge in [-0.05, 0) is 49.4 Å². The van der Waals surface area contributed by atoms with E-state index in [4.69, 9.17) is 9.47 Å². The Hall–Kier alpha value is -2.33. The van der Waals surface area contributed by atoms with E-state index in [1.165, 1.54) is 5.56 Å². The quantitative estimate of drug-likeness (QED) is 0.158. The van der Waals surface area contributed by atoms with Crippen LogP contribution in [0.25, 0.3) is 0 Å². The minimum absolute atomic E-state index is 0. The number of rotatable bonds is 12. The van der Waals surface area contributed by atoms with Crippen molar-refractivity contribution in [3.8, 4) is 5.75 Å². The van der Waals surface area contributed by atoms with Crippen molar-refractivity contribution in [1.29, 1.82) is 0 Å². The summed E-state index contributed by atoms with van der Waals surface area (Å²) in [6.45, 7) is 4.16. The first-order chi connectivity index (χ1) is 15.6. The van der Waals surface area contributed by atoms with E-state index in [1.807, 2.05) is 42.5 Å². The van der Waals surface area contributed by atoms with Crippen LogP contribution in [0, 0.1) is 0 Å². The van der Waals surface area contributed by atoms with Crippen LogP contribution in [0.3, 0.4) is 0 Å². The Balaban J connectivity index is 0.00000385. The van der Waals surface area contributed by atoms with Crippen LogP contribution in [0.4, 0.5) is 0 Å². The van der Waals surface area contributed by atoms with Gasteiger partial charge in [0.25, 0.3) is 5.91 Å². The van der Waals surface area contributed by atoms with Gasteiger partial charge < -0.3 is 25.4 Å². The molecule has 1 unspecified atom stereocenters. The fraction of sp³-hybridized carbons (Fsp3) is 0.440. The molecule has 1 aliphatic carbocycles. The monoisotopic (exact) mass is 566 g/mol. The molecule has 1 atom stereocenters. The highest BCUT2D eigenvalue weighted by Gasteiger charge is 2.23. The molecule has 0 heterocycles. The van der Waals surface area contributed by atoms with Crippen LogP contribution in [-0.2, 0) is 16.1 Å². The summed E-state index contributed by atoms with van der Waals surface area (Å²) in [7, 11) is 1.75. The summed E-state index contributed by atoms with van der Waals surface area (Å²) in [6.07, 6.45) is 3.11. The van der Waals surface area contributed by atoms with Crippen LogP contribution in [0.15, 0.2) is 59.6 Å². The Bertz CT molecular complexity index is 875. The lowest BCUT2D eigenvalue weighted by atomic mass is 10.1. The average Bonchev–Trinajstić information content (AvgIpc) is 3.64.